The van der Waals surface area contributed by atoms with Crippen molar-refractivity contribution in [3.8, 4) is 0 Å². The predicted molar refractivity (Wildman–Crippen MR) is 64.7 cm³/mol. The molecule has 17 heavy (non-hydrogen) atoms. The minimum Gasteiger partial charge on any atom is -0.321 e. The lowest BCUT2D eigenvalue weighted by Crippen LogP contribution is -2.27. The summed E-state index contributed by atoms with van der Waals surface area (Å²) in [5, 5.41) is 2.90. The molecule has 0 spiro atoms. The Morgan fingerprint density at radius 3 is 2.65 bits per heavy atom. The minimum absolute atomic E-state index is 0.132. The Morgan fingerprint density at radius 2 is 2.06 bits per heavy atom. The highest BCUT2D eigenvalue weighted by Gasteiger charge is 2.25. The SMILES string of the molecule is Cc1cc(=O)n2[nH]c(C(N)C(C)(C)C)nc2n1. The molecule has 6 heteroatoms. The third-order valence-electron chi connectivity index (χ3n) is 2.70. The molecule has 3 N–H and O–H groups in total. The highest BCUT2D eigenvalue weighted by Crippen LogP contribution is 2.28. The Hall–Kier alpha value is -1.69. The first kappa shape index (κ1) is 11.8. The van der Waals surface area contributed by atoms with Crippen molar-refractivity contribution in [3.63, 3.8) is 0 Å². The first-order valence-corrected chi connectivity index (χ1v) is 5.51. The van der Waals surface area contributed by atoms with E-state index in [0.717, 1.165) is 0 Å². The zero-order chi connectivity index (χ0) is 12.8. The van der Waals surface area contributed by atoms with Crippen molar-refractivity contribution >= 4 is 5.78 Å². The molecule has 0 aliphatic heterocycles. The van der Waals surface area contributed by atoms with E-state index in [1.54, 1.807) is 6.92 Å². The van der Waals surface area contributed by atoms with Gasteiger partial charge in [0.1, 0.15) is 5.82 Å². The number of hydrogen-bond donors (Lipinski definition) is 2. The number of rotatable bonds is 1. The number of H-pyrrole nitrogens is 1. The van der Waals surface area contributed by atoms with Gasteiger partial charge in [-0.3, -0.25) is 9.89 Å². The number of aryl methyl sites for hydroxylation is 1. The number of aromatic nitrogens is 4. The molecule has 1 unspecified atom stereocenters. The lowest BCUT2D eigenvalue weighted by atomic mass is 9.87. The average Bonchev–Trinajstić information content (AvgIpc) is 2.58. The van der Waals surface area contributed by atoms with Crippen LogP contribution >= 0.6 is 0 Å². The molecule has 92 valence electrons. The van der Waals surface area contributed by atoms with E-state index in [0.29, 0.717) is 17.3 Å². The van der Waals surface area contributed by atoms with Crippen molar-refractivity contribution in [1.29, 1.82) is 0 Å². The number of aromatic amines is 1. The van der Waals surface area contributed by atoms with Gasteiger partial charge in [-0.1, -0.05) is 20.8 Å². The van der Waals surface area contributed by atoms with E-state index in [1.165, 1.54) is 10.6 Å². The molecule has 6 nitrogen and oxygen atoms in total. The smallest absolute Gasteiger partial charge is 0.274 e. The molecular weight excluding hydrogens is 218 g/mol. The fraction of sp³-hybridized carbons (Fsp3) is 0.545. The zero-order valence-electron chi connectivity index (χ0n) is 10.5. The number of nitrogens with zero attached hydrogens (tertiary/aromatic N) is 3. The van der Waals surface area contributed by atoms with Crippen LogP contribution in [-0.2, 0) is 0 Å². The van der Waals surface area contributed by atoms with Gasteiger partial charge < -0.3 is 5.73 Å². The number of fused-ring (bicyclic) bond motifs is 1. The molecule has 0 aromatic carbocycles. The molecule has 2 rings (SSSR count). The van der Waals surface area contributed by atoms with E-state index in [4.69, 9.17) is 5.73 Å². The largest absolute Gasteiger partial charge is 0.321 e. The van der Waals surface area contributed by atoms with Crippen LogP contribution in [0.5, 0.6) is 0 Å². The highest BCUT2D eigenvalue weighted by molar-refractivity contribution is 5.28. The average molecular weight is 235 g/mol. The van der Waals surface area contributed by atoms with Gasteiger partial charge in [0.05, 0.1) is 6.04 Å². The molecule has 0 fully saturated rings. The van der Waals surface area contributed by atoms with E-state index in [1.807, 2.05) is 20.8 Å². The fourth-order valence-electron chi connectivity index (χ4n) is 1.56. The second-order valence-electron chi connectivity index (χ2n) is 5.32. The van der Waals surface area contributed by atoms with Crippen molar-refractivity contribution in [1.82, 2.24) is 19.6 Å². The van der Waals surface area contributed by atoms with Gasteiger partial charge in [0.25, 0.3) is 11.3 Å². The Bertz CT molecular complexity index is 604. The van der Waals surface area contributed by atoms with Gasteiger partial charge in [-0.25, -0.2) is 4.98 Å². The molecular formula is C11H17N5O. The molecule has 0 saturated carbocycles. The van der Waals surface area contributed by atoms with Gasteiger partial charge in [-0.15, -0.1) is 0 Å². The molecule has 2 aromatic rings. The lowest BCUT2D eigenvalue weighted by Gasteiger charge is -2.24. The van der Waals surface area contributed by atoms with E-state index < -0.39 is 0 Å². The molecule has 0 amide bonds. The van der Waals surface area contributed by atoms with Gasteiger partial charge in [-0.05, 0) is 12.3 Å². The summed E-state index contributed by atoms with van der Waals surface area (Å²) in [5.74, 6) is 0.942. The molecule has 2 heterocycles. The van der Waals surface area contributed by atoms with Crippen LogP contribution in [0, 0.1) is 12.3 Å². The summed E-state index contributed by atoms with van der Waals surface area (Å²) < 4.78 is 1.31. The second kappa shape index (κ2) is 3.66. The first-order chi connectivity index (χ1) is 7.79. The normalized spacial score (nSPS) is 14.2. The van der Waals surface area contributed by atoms with Crippen molar-refractivity contribution < 1.29 is 0 Å². The van der Waals surface area contributed by atoms with Crippen LogP contribution < -0.4 is 11.3 Å². The van der Waals surface area contributed by atoms with Gasteiger partial charge in [-0.2, -0.15) is 9.50 Å². The zero-order valence-corrected chi connectivity index (χ0v) is 10.5. The van der Waals surface area contributed by atoms with Crippen molar-refractivity contribution in [2.45, 2.75) is 33.7 Å². The van der Waals surface area contributed by atoms with Crippen LogP contribution in [0.15, 0.2) is 10.9 Å². The molecule has 1 atom stereocenters. The topological polar surface area (TPSA) is 89.1 Å². The Labute approximate surface area is 98.9 Å². The summed E-state index contributed by atoms with van der Waals surface area (Å²) >= 11 is 0. The maximum Gasteiger partial charge on any atom is 0.274 e. The minimum atomic E-state index is -0.274. The van der Waals surface area contributed by atoms with Crippen molar-refractivity contribution in [2.75, 3.05) is 0 Å². The summed E-state index contributed by atoms with van der Waals surface area (Å²) in [7, 11) is 0. The van der Waals surface area contributed by atoms with Gasteiger partial charge in [0, 0.05) is 11.8 Å². The second-order valence-corrected chi connectivity index (χ2v) is 5.32. The molecule has 2 aromatic heterocycles. The van der Waals surface area contributed by atoms with E-state index in [9.17, 15) is 4.79 Å². The van der Waals surface area contributed by atoms with E-state index in [2.05, 4.69) is 15.1 Å². The maximum absolute atomic E-state index is 11.7. The van der Waals surface area contributed by atoms with E-state index >= 15 is 0 Å². The first-order valence-electron chi connectivity index (χ1n) is 5.51. The summed E-state index contributed by atoms with van der Waals surface area (Å²) in [4.78, 5) is 20.2. The van der Waals surface area contributed by atoms with Gasteiger partial charge in [0.15, 0.2) is 0 Å². The van der Waals surface area contributed by atoms with Crippen molar-refractivity contribution in [3.05, 3.63) is 27.9 Å². The number of nitrogens with two attached hydrogens (primary N) is 1. The third kappa shape index (κ3) is 2.08. The van der Waals surface area contributed by atoms with Crippen molar-refractivity contribution in [2.24, 2.45) is 11.1 Å². The molecule has 0 radical (unpaired) electrons. The lowest BCUT2D eigenvalue weighted by molar-refractivity contribution is 0.315. The van der Waals surface area contributed by atoms with Gasteiger partial charge in [0.2, 0.25) is 0 Å². The summed E-state index contributed by atoms with van der Waals surface area (Å²) in [6.45, 7) is 7.82. The highest BCUT2D eigenvalue weighted by atomic mass is 16.1. The Morgan fingerprint density at radius 1 is 1.41 bits per heavy atom. The van der Waals surface area contributed by atoms with Crippen LogP contribution in [0.3, 0.4) is 0 Å². The molecule has 0 saturated heterocycles. The van der Waals surface area contributed by atoms with Crippen LogP contribution in [0.2, 0.25) is 0 Å². The summed E-state index contributed by atoms with van der Waals surface area (Å²) in [6.07, 6.45) is 0. The van der Waals surface area contributed by atoms with Crippen LogP contribution in [-0.4, -0.2) is 19.6 Å². The Kier molecular flexibility index (Phi) is 2.54. The number of nitrogens with one attached hydrogen (secondary N) is 1. The van der Waals surface area contributed by atoms with E-state index in [-0.39, 0.29) is 17.0 Å². The standard InChI is InChI=1S/C11H17N5O/c1-6-5-7(17)16-10(13-6)14-9(15-16)8(12)11(2,3)4/h5,8H,12H2,1-4H3,(H,13,14,15). The fourth-order valence-corrected chi connectivity index (χ4v) is 1.56. The van der Waals surface area contributed by atoms with Crippen LogP contribution in [0.4, 0.5) is 0 Å². The van der Waals surface area contributed by atoms with Gasteiger partial charge >= 0.3 is 0 Å². The Balaban J connectivity index is 2.60. The monoisotopic (exact) mass is 235 g/mol. The summed E-state index contributed by atoms with van der Waals surface area (Å²) in [5.41, 5.74) is 6.43. The van der Waals surface area contributed by atoms with Crippen LogP contribution in [0.25, 0.3) is 5.78 Å². The third-order valence-corrected chi connectivity index (χ3v) is 2.70. The maximum atomic E-state index is 11.7. The number of hydrogen-bond acceptors (Lipinski definition) is 4. The van der Waals surface area contributed by atoms with Crippen LogP contribution in [0.1, 0.15) is 38.3 Å². The predicted octanol–water partition coefficient (Wildman–Crippen LogP) is 0.772. The summed E-state index contributed by atoms with van der Waals surface area (Å²) in [6, 6.07) is 1.18. The quantitative estimate of drug-likeness (QED) is 0.764. The molecule has 0 aliphatic rings. The molecule has 0 aliphatic carbocycles. The molecule has 0 bridgehead atoms.